The van der Waals surface area contributed by atoms with Gasteiger partial charge in [-0.05, 0) is 32.9 Å². The molecular formula is C14H15Cl2FN4. The third kappa shape index (κ3) is 3.54. The smallest absolute Gasteiger partial charge is 0.139 e. The van der Waals surface area contributed by atoms with E-state index in [0.717, 1.165) is 17.9 Å². The van der Waals surface area contributed by atoms with E-state index in [4.69, 9.17) is 23.2 Å². The van der Waals surface area contributed by atoms with Gasteiger partial charge in [0.25, 0.3) is 0 Å². The maximum atomic E-state index is 13.2. The van der Waals surface area contributed by atoms with Crippen LogP contribution in [-0.2, 0) is 0 Å². The average molecular weight is 329 g/mol. The Labute approximate surface area is 132 Å². The van der Waals surface area contributed by atoms with E-state index in [-0.39, 0.29) is 10.0 Å². The minimum absolute atomic E-state index is 0.195. The molecule has 2 N–H and O–H groups in total. The third-order valence-corrected chi connectivity index (χ3v) is 3.45. The molecular weight excluding hydrogens is 314 g/mol. The molecule has 0 bridgehead atoms. The van der Waals surface area contributed by atoms with E-state index in [9.17, 15) is 4.39 Å². The molecule has 7 heteroatoms. The minimum Gasteiger partial charge on any atom is -0.370 e. The van der Waals surface area contributed by atoms with Gasteiger partial charge in [-0.15, -0.1) is 0 Å². The molecule has 0 unspecified atom stereocenters. The number of nitrogens with one attached hydrogen (secondary N) is 2. The molecule has 4 nitrogen and oxygen atoms in total. The standard InChI is InChI=1S/C14H15Cl2FN4/c1-4-18-13-7(2)14(20-8(3)19-13)21-12-10(15)5-9(17)6-11(12)16/h5-6H,4H2,1-3H3,(H2,18,19,20,21). The zero-order chi connectivity index (χ0) is 15.6. The van der Waals surface area contributed by atoms with Gasteiger partial charge in [-0.2, -0.15) is 0 Å². The van der Waals surface area contributed by atoms with Gasteiger partial charge in [0.15, 0.2) is 0 Å². The van der Waals surface area contributed by atoms with Crippen molar-refractivity contribution in [2.24, 2.45) is 0 Å². The van der Waals surface area contributed by atoms with Crippen LogP contribution in [0.5, 0.6) is 0 Å². The molecule has 0 atom stereocenters. The molecule has 1 aromatic heterocycles. The lowest BCUT2D eigenvalue weighted by molar-refractivity contribution is 0.628. The van der Waals surface area contributed by atoms with Crippen LogP contribution in [-0.4, -0.2) is 16.5 Å². The number of rotatable bonds is 4. The lowest BCUT2D eigenvalue weighted by Crippen LogP contribution is -2.08. The molecule has 0 fully saturated rings. The van der Waals surface area contributed by atoms with Crippen molar-refractivity contribution >= 4 is 40.5 Å². The van der Waals surface area contributed by atoms with Gasteiger partial charge in [-0.3, -0.25) is 0 Å². The Morgan fingerprint density at radius 2 is 1.67 bits per heavy atom. The van der Waals surface area contributed by atoms with Crippen LogP contribution in [0.3, 0.4) is 0 Å². The van der Waals surface area contributed by atoms with E-state index < -0.39 is 5.82 Å². The van der Waals surface area contributed by atoms with E-state index in [1.54, 1.807) is 6.92 Å². The van der Waals surface area contributed by atoms with Crippen LogP contribution in [0.1, 0.15) is 18.3 Å². The summed E-state index contributed by atoms with van der Waals surface area (Å²) >= 11 is 12.1. The van der Waals surface area contributed by atoms with Crippen LogP contribution in [0.2, 0.25) is 10.0 Å². The SMILES string of the molecule is CCNc1nc(C)nc(Nc2c(Cl)cc(F)cc2Cl)c1C. The number of anilines is 3. The van der Waals surface area contributed by atoms with Gasteiger partial charge < -0.3 is 10.6 Å². The van der Waals surface area contributed by atoms with Crippen molar-refractivity contribution in [3.8, 4) is 0 Å². The van der Waals surface area contributed by atoms with Crippen LogP contribution >= 0.6 is 23.2 Å². The number of hydrogen-bond acceptors (Lipinski definition) is 4. The summed E-state index contributed by atoms with van der Waals surface area (Å²) in [6.45, 7) is 6.40. The third-order valence-electron chi connectivity index (χ3n) is 2.85. The van der Waals surface area contributed by atoms with Crippen molar-refractivity contribution in [2.75, 3.05) is 17.2 Å². The highest BCUT2D eigenvalue weighted by Crippen LogP contribution is 2.34. The second kappa shape index (κ2) is 6.45. The molecule has 0 aliphatic rings. The van der Waals surface area contributed by atoms with E-state index in [1.165, 1.54) is 12.1 Å². The number of aryl methyl sites for hydroxylation is 1. The molecule has 0 radical (unpaired) electrons. The minimum atomic E-state index is -0.487. The summed E-state index contributed by atoms with van der Waals surface area (Å²) in [5, 5.41) is 6.61. The molecule has 112 valence electrons. The highest BCUT2D eigenvalue weighted by molar-refractivity contribution is 6.39. The summed E-state index contributed by atoms with van der Waals surface area (Å²) in [5.74, 6) is 1.43. The van der Waals surface area contributed by atoms with Gasteiger partial charge in [0.05, 0.1) is 15.7 Å². The predicted molar refractivity (Wildman–Crippen MR) is 85.4 cm³/mol. The summed E-state index contributed by atoms with van der Waals surface area (Å²) in [5.41, 5.74) is 1.25. The van der Waals surface area contributed by atoms with Crippen molar-refractivity contribution in [3.05, 3.63) is 39.4 Å². The molecule has 21 heavy (non-hydrogen) atoms. The Bertz CT molecular complexity index is 653. The molecule has 2 aromatic rings. The molecule has 0 saturated carbocycles. The number of benzene rings is 1. The maximum absolute atomic E-state index is 13.2. The van der Waals surface area contributed by atoms with Gasteiger partial charge in [0, 0.05) is 12.1 Å². The van der Waals surface area contributed by atoms with Crippen LogP contribution < -0.4 is 10.6 Å². The van der Waals surface area contributed by atoms with Crippen molar-refractivity contribution in [1.29, 1.82) is 0 Å². The van der Waals surface area contributed by atoms with Gasteiger partial charge in [0.1, 0.15) is 23.3 Å². The Morgan fingerprint density at radius 1 is 1.10 bits per heavy atom. The zero-order valence-electron chi connectivity index (χ0n) is 11.9. The maximum Gasteiger partial charge on any atom is 0.139 e. The fraction of sp³-hybridized carbons (Fsp3) is 0.286. The van der Waals surface area contributed by atoms with Gasteiger partial charge in [-0.25, -0.2) is 14.4 Å². The second-order valence-corrected chi connectivity index (χ2v) is 5.31. The molecule has 1 heterocycles. The molecule has 0 aliphatic heterocycles. The Kier molecular flexibility index (Phi) is 4.85. The van der Waals surface area contributed by atoms with Gasteiger partial charge >= 0.3 is 0 Å². The highest BCUT2D eigenvalue weighted by Gasteiger charge is 2.13. The van der Waals surface area contributed by atoms with Crippen LogP contribution in [0, 0.1) is 19.7 Å². The van der Waals surface area contributed by atoms with Crippen molar-refractivity contribution in [3.63, 3.8) is 0 Å². The van der Waals surface area contributed by atoms with Gasteiger partial charge in [0.2, 0.25) is 0 Å². The fourth-order valence-corrected chi connectivity index (χ4v) is 2.42. The molecule has 2 rings (SSSR count). The Hall–Kier alpha value is -1.59. The number of nitrogens with zero attached hydrogens (tertiary/aromatic N) is 2. The lowest BCUT2D eigenvalue weighted by atomic mass is 10.2. The quantitative estimate of drug-likeness (QED) is 0.852. The van der Waals surface area contributed by atoms with Crippen molar-refractivity contribution < 1.29 is 4.39 Å². The molecule has 0 amide bonds. The van der Waals surface area contributed by atoms with Gasteiger partial charge in [-0.1, -0.05) is 23.2 Å². The first kappa shape index (κ1) is 15.8. The average Bonchev–Trinajstić information content (AvgIpc) is 2.39. The van der Waals surface area contributed by atoms with E-state index in [1.807, 2.05) is 13.8 Å². The van der Waals surface area contributed by atoms with E-state index in [2.05, 4.69) is 20.6 Å². The molecule has 0 saturated heterocycles. The summed E-state index contributed by atoms with van der Waals surface area (Å²) in [6.07, 6.45) is 0. The summed E-state index contributed by atoms with van der Waals surface area (Å²) in [4.78, 5) is 8.68. The Morgan fingerprint density at radius 3 is 2.24 bits per heavy atom. The topological polar surface area (TPSA) is 49.8 Å². The number of aromatic nitrogens is 2. The largest absolute Gasteiger partial charge is 0.370 e. The summed E-state index contributed by atoms with van der Waals surface area (Å²) in [7, 11) is 0. The first-order valence-corrected chi connectivity index (χ1v) is 7.18. The first-order valence-electron chi connectivity index (χ1n) is 6.43. The first-order chi connectivity index (χ1) is 9.92. The van der Waals surface area contributed by atoms with E-state index in [0.29, 0.717) is 17.3 Å². The van der Waals surface area contributed by atoms with Crippen LogP contribution in [0.15, 0.2) is 12.1 Å². The summed E-state index contributed by atoms with van der Waals surface area (Å²) < 4.78 is 13.2. The number of halogens is 3. The fourth-order valence-electron chi connectivity index (χ4n) is 1.87. The summed E-state index contributed by atoms with van der Waals surface area (Å²) in [6, 6.07) is 2.40. The molecule has 1 aromatic carbocycles. The molecule has 0 spiro atoms. The van der Waals surface area contributed by atoms with Crippen molar-refractivity contribution in [1.82, 2.24) is 9.97 Å². The van der Waals surface area contributed by atoms with Crippen LogP contribution in [0.25, 0.3) is 0 Å². The normalized spacial score (nSPS) is 10.6. The molecule has 0 aliphatic carbocycles. The highest BCUT2D eigenvalue weighted by atomic mass is 35.5. The van der Waals surface area contributed by atoms with E-state index >= 15 is 0 Å². The number of hydrogen-bond donors (Lipinski definition) is 2. The van der Waals surface area contributed by atoms with Crippen molar-refractivity contribution in [2.45, 2.75) is 20.8 Å². The Balaban J connectivity index is 2.45. The monoisotopic (exact) mass is 328 g/mol. The zero-order valence-corrected chi connectivity index (χ0v) is 13.4. The lowest BCUT2D eigenvalue weighted by Gasteiger charge is -2.15. The van der Waals surface area contributed by atoms with Crippen LogP contribution in [0.4, 0.5) is 21.7 Å². The predicted octanol–water partition coefficient (Wildman–Crippen LogP) is 4.71. The second-order valence-electron chi connectivity index (χ2n) is 4.49.